The number of carbonyl (C=O) groups is 2. The Morgan fingerprint density at radius 2 is 1.88 bits per heavy atom. The molecule has 34 heavy (non-hydrogen) atoms. The number of hydrogen-bond donors (Lipinski definition) is 1. The van der Waals surface area contributed by atoms with Crippen molar-refractivity contribution in [2.45, 2.75) is 32.4 Å². The second-order valence-corrected chi connectivity index (χ2v) is 9.50. The Bertz CT molecular complexity index is 970. The number of piperazine rings is 1. The summed E-state index contributed by atoms with van der Waals surface area (Å²) in [5.41, 5.74) is 3.13. The summed E-state index contributed by atoms with van der Waals surface area (Å²) in [6.07, 6.45) is 1.56. The standard InChI is InChI=1S/C27H36N4O3/c1-21-6-8-23(9-7-21)27(33)31-14-12-30(13-15-31)16-17-34-25-5-3-4-22(18-25)19-29(2)20-24-10-11-26(32)28-24/h3-9,18,24H,10-17,19-20H2,1-2H3,(H,28,32). The van der Waals surface area contributed by atoms with Gasteiger partial charge in [-0.25, -0.2) is 0 Å². The molecule has 1 unspecified atom stereocenters. The van der Waals surface area contributed by atoms with Crippen LogP contribution < -0.4 is 10.1 Å². The van der Waals surface area contributed by atoms with Crippen LogP contribution in [0.5, 0.6) is 5.75 Å². The van der Waals surface area contributed by atoms with Gasteiger partial charge in [-0.1, -0.05) is 29.8 Å². The molecule has 0 aliphatic carbocycles. The van der Waals surface area contributed by atoms with Crippen LogP contribution in [-0.2, 0) is 11.3 Å². The van der Waals surface area contributed by atoms with Crippen LogP contribution in [0.25, 0.3) is 0 Å². The summed E-state index contributed by atoms with van der Waals surface area (Å²) in [5.74, 6) is 1.16. The Balaban J connectivity index is 1.17. The van der Waals surface area contributed by atoms with Crippen molar-refractivity contribution >= 4 is 11.8 Å². The molecule has 2 aliphatic heterocycles. The predicted molar refractivity (Wildman–Crippen MR) is 133 cm³/mol. The number of aryl methyl sites for hydroxylation is 1. The van der Waals surface area contributed by atoms with Crippen molar-refractivity contribution < 1.29 is 14.3 Å². The highest BCUT2D eigenvalue weighted by atomic mass is 16.5. The zero-order chi connectivity index (χ0) is 23.9. The highest BCUT2D eigenvalue weighted by Crippen LogP contribution is 2.16. The van der Waals surface area contributed by atoms with Gasteiger partial charge in [0, 0.05) is 63.8 Å². The number of nitrogens with one attached hydrogen (secondary N) is 1. The fourth-order valence-electron chi connectivity index (χ4n) is 4.65. The fourth-order valence-corrected chi connectivity index (χ4v) is 4.65. The molecule has 182 valence electrons. The maximum atomic E-state index is 12.7. The minimum Gasteiger partial charge on any atom is -0.492 e. The van der Waals surface area contributed by atoms with E-state index < -0.39 is 0 Å². The summed E-state index contributed by atoms with van der Waals surface area (Å²) in [5, 5.41) is 3.03. The molecule has 2 amide bonds. The van der Waals surface area contributed by atoms with E-state index in [4.69, 9.17) is 4.74 Å². The minimum absolute atomic E-state index is 0.119. The molecular formula is C27H36N4O3. The lowest BCUT2D eigenvalue weighted by Gasteiger charge is -2.34. The number of nitrogens with zero attached hydrogens (tertiary/aromatic N) is 3. The molecule has 0 aromatic heterocycles. The number of likely N-dealkylation sites (N-methyl/N-ethyl adjacent to an activating group) is 1. The van der Waals surface area contributed by atoms with E-state index in [9.17, 15) is 9.59 Å². The van der Waals surface area contributed by atoms with Gasteiger partial charge in [-0.2, -0.15) is 0 Å². The lowest BCUT2D eigenvalue weighted by molar-refractivity contribution is -0.119. The molecule has 7 heteroatoms. The van der Waals surface area contributed by atoms with Crippen molar-refractivity contribution in [3.8, 4) is 5.75 Å². The number of amides is 2. The Morgan fingerprint density at radius 3 is 2.59 bits per heavy atom. The van der Waals surface area contributed by atoms with Crippen LogP contribution in [0.3, 0.4) is 0 Å². The van der Waals surface area contributed by atoms with E-state index >= 15 is 0 Å². The maximum absolute atomic E-state index is 12.7. The van der Waals surface area contributed by atoms with Gasteiger partial charge in [0.2, 0.25) is 5.91 Å². The predicted octanol–water partition coefficient (Wildman–Crippen LogP) is 2.54. The van der Waals surface area contributed by atoms with Crippen molar-refractivity contribution in [3.63, 3.8) is 0 Å². The molecule has 0 bridgehead atoms. The SMILES string of the molecule is Cc1ccc(C(=O)N2CCN(CCOc3cccc(CN(C)CC4CCC(=O)N4)c3)CC2)cc1. The zero-order valence-electron chi connectivity index (χ0n) is 20.3. The third kappa shape index (κ3) is 6.81. The Labute approximate surface area is 202 Å². The molecule has 7 nitrogen and oxygen atoms in total. The molecule has 0 radical (unpaired) electrons. The molecular weight excluding hydrogens is 428 g/mol. The van der Waals surface area contributed by atoms with E-state index in [-0.39, 0.29) is 17.9 Å². The van der Waals surface area contributed by atoms with Crippen LogP contribution in [-0.4, -0.2) is 85.5 Å². The average Bonchev–Trinajstić information content (AvgIpc) is 3.24. The van der Waals surface area contributed by atoms with E-state index in [2.05, 4.69) is 34.3 Å². The summed E-state index contributed by atoms with van der Waals surface area (Å²) >= 11 is 0. The Morgan fingerprint density at radius 1 is 1.12 bits per heavy atom. The van der Waals surface area contributed by atoms with Gasteiger partial charge in [-0.3, -0.25) is 14.5 Å². The number of ether oxygens (including phenoxy) is 1. The highest BCUT2D eigenvalue weighted by Gasteiger charge is 2.23. The zero-order valence-corrected chi connectivity index (χ0v) is 20.3. The molecule has 2 saturated heterocycles. The van der Waals surface area contributed by atoms with E-state index in [1.165, 1.54) is 5.56 Å². The van der Waals surface area contributed by atoms with Gasteiger partial charge in [0.15, 0.2) is 0 Å². The van der Waals surface area contributed by atoms with Gasteiger partial charge in [0.1, 0.15) is 12.4 Å². The van der Waals surface area contributed by atoms with Gasteiger partial charge >= 0.3 is 0 Å². The van der Waals surface area contributed by atoms with Crippen LogP contribution in [0.2, 0.25) is 0 Å². The van der Waals surface area contributed by atoms with E-state index in [0.29, 0.717) is 13.0 Å². The molecule has 0 saturated carbocycles. The lowest BCUT2D eigenvalue weighted by Crippen LogP contribution is -2.49. The Hall–Kier alpha value is -2.90. The molecule has 1 atom stereocenters. The van der Waals surface area contributed by atoms with Gasteiger partial charge in [-0.05, 0) is 50.2 Å². The number of benzene rings is 2. The second-order valence-electron chi connectivity index (χ2n) is 9.50. The van der Waals surface area contributed by atoms with Gasteiger partial charge in [0.25, 0.3) is 5.91 Å². The van der Waals surface area contributed by atoms with Gasteiger partial charge < -0.3 is 19.9 Å². The lowest BCUT2D eigenvalue weighted by atomic mass is 10.1. The molecule has 0 spiro atoms. The van der Waals surface area contributed by atoms with Gasteiger partial charge in [0.05, 0.1) is 0 Å². The molecule has 2 aromatic carbocycles. The molecule has 2 fully saturated rings. The summed E-state index contributed by atoms with van der Waals surface area (Å²) < 4.78 is 6.04. The van der Waals surface area contributed by atoms with Crippen molar-refractivity contribution in [1.82, 2.24) is 20.0 Å². The van der Waals surface area contributed by atoms with Crippen LogP contribution in [0.15, 0.2) is 48.5 Å². The first-order valence-corrected chi connectivity index (χ1v) is 12.2. The van der Waals surface area contributed by atoms with E-state index in [1.807, 2.05) is 48.2 Å². The minimum atomic E-state index is 0.119. The second kappa shape index (κ2) is 11.5. The largest absolute Gasteiger partial charge is 0.492 e. The summed E-state index contributed by atoms with van der Waals surface area (Å²) in [6.45, 7) is 8.40. The Kier molecular flexibility index (Phi) is 8.19. The average molecular weight is 465 g/mol. The number of rotatable bonds is 9. The fraction of sp³-hybridized carbons (Fsp3) is 0.481. The topological polar surface area (TPSA) is 65.1 Å². The normalized spacial score (nSPS) is 18.9. The monoisotopic (exact) mass is 464 g/mol. The first-order valence-electron chi connectivity index (χ1n) is 12.2. The van der Waals surface area contributed by atoms with Crippen molar-refractivity contribution in [2.24, 2.45) is 0 Å². The first kappa shape index (κ1) is 24.2. The van der Waals surface area contributed by atoms with E-state index in [0.717, 1.165) is 69.1 Å². The molecule has 2 aliphatic rings. The smallest absolute Gasteiger partial charge is 0.253 e. The first-order chi connectivity index (χ1) is 16.5. The number of hydrogen-bond acceptors (Lipinski definition) is 5. The molecule has 1 N–H and O–H groups in total. The molecule has 2 heterocycles. The molecule has 2 aromatic rings. The number of carbonyl (C=O) groups excluding carboxylic acids is 2. The summed E-state index contributed by atoms with van der Waals surface area (Å²) in [7, 11) is 2.08. The molecule has 4 rings (SSSR count). The third-order valence-electron chi connectivity index (χ3n) is 6.60. The van der Waals surface area contributed by atoms with Crippen molar-refractivity contribution in [1.29, 1.82) is 0 Å². The van der Waals surface area contributed by atoms with Crippen LogP contribution in [0.4, 0.5) is 0 Å². The maximum Gasteiger partial charge on any atom is 0.253 e. The summed E-state index contributed by atoms with van der Waals surface area (Å²) in [4.78, 5) is 30.6. The van der Waals surface area contributed by atoms with Crippen molar-refractivity contribution in [3.05, 3.63) is 65.2 Å². The highest BCUT2D eigenvalue weighted by molar-refractivity contribution is 5.94. The van der Waals surface area contributed by atoms with E-state index in [1.54, 1.807) is 0 Å². The van der Waals surface area contributed by atoms with Crippen molar-refractivity contribution in [2.75, 3.05) is 52.9 Å². The quantitative estimate of drug-likeness (QED) is 0.618. The van der Waals surface area contributed by atoms with Gasteiger partial charge in [-0.15, -0.1) is 0 Å². The van der Waals surface area contributed by atoms with Crippen LogP contribution in [0.1, 0.15) is 34.3 Å². The van der Waals surface area contributed by atoms with Crippen LogP contribution in [0, 0.1) is 6.92 Å². The van der Waals surface area contributed by atoms with Crippen LogP contribution >= 0.6 is 0 Å². The third-order valence-corrected chi connectivity index (χ3v) is 6.60. The summed E-state index contributed by atoms with van der Waals surface area (Å²) in [6, 6.07) is 16.3.